The maximum atomic E-state index is 11.9. The third kappa shape index (κ3) is 3.87. The fourth-order valence-corrected chi connectivity index (χ4v) is 2.47. The Kier molecular flexibility index (Phi) is 5.24. The lowest BCUT2D eigenvalue weighted by atomic mass is 9.98. The maximum Gasteiger partial charge on any atom is 0.258 e. The fraction of sp³-hybridized carbons (Fsp3) is 0.533. The number of hydrogen-bond donors (Lipinski definition) is 3. The normalized spacial score (nSPS) is 16.0. The molecule has 0 heterocycles. The Morgan fingerprint density at radius 1 is 1.20 bits per heavy atom. The first-order chi connectivity index (χ1) is 9.68. The largest absolute Gasteiger partial charge is 0.507 e. The van der Waals surface area contributed by atoms with Crippen molar-refractivity contribution < 1.29 is 19.7 Å². The number of ether oxygens (including phenoxy) is 1. The van der Waals surface area contributed by atoms with E-state index in [4.69, 9.17) is 4.74 Å². The van der Waals surface area contributed by atoms with Gasteiger partial charge in [-0.3, -0.25) is 4.79 Å². The first kappa shape index (κ1) is 14.7. The van der Waals surface area contributed by atoms with Gasteiger partial charge in [0.2, 0.25) is 0 Å². The van der Waals surface area contributed by atoms with Crippen molar-refractivity contribution in [3.63, 3.8) is 0 Å². The summed E-state index contributed by atoms with van der Waals surface area (Å²) in [5.74, 6) is -0.945. The summed E-state index contributed by atoms with van der Waals surface area (Å²) in [4.78, 5) is 11.9. The zero-order chi connectivity index (χ0) is 14.4. The van der Waals surface area contributed by atoms with E-state index >= 15 is 0 Å². The second kappa shape index (κ2) is 7.14. The molecule has 0 aromatic heterocycles. The average molecular weight is 279 g/mol. The number of carbonyl (C=O) groups excluding carboxylic acids is 1. The van der Waals surface area contributed by atoms with Crippen LogP contribution in [0.5, 0.6) is 11.5 Å². The highest BCUT2D eigenvalue weighted by Crippen LogP contribution is 2.25. The number of nitrogens with one attached hydrogen (secondary N) is 1. The SMILES string of the molecule is O=C(NCCOC1CCCCC1)c1c(O)cccc1O. The molecule has 0 aliphatic heterocycles. The molecule has 1 fully saturated rings. The van der Waals surface area contributed by atoms with Crippen LogP contribution in [0.15, 0.2) is 18.2 Å². The molecule has 1 amide bonds. The van der Waals surface area contributed by atoms with Crippen LogP contribution in [-0.2, 0) is 4.74 Å². The summed E-state index contributed by atoms with van der Waals surface area (Å²) in [7, 11) is 0. The summed E-state index contributed by atoms with van der Waals surface area (Å²) >= 11 is 0. The molecule has 5 heteroatoms. The summed E-state index contributed by atoms with van der Waals surface area (Å²) in [6.07, 6.45) is 6.19. The van der Waals surface area contributed by atoms with Crippen LogP contribution in [0, 0.1) is 0 Å². The van der Waals surface area contributed by atoms with E-state index in [9.17, 15) is 15.0 Å². The van der Waals surface area contributed by atoms with E-state index in [-0.39, 0.29) is 17.1 Å². The van der Waals surface area contributed by atoms with E-state index in [0.29, 0.717) is 19.3 Å². The summed E-state index contributed by atoms with van der Waals surface area (Å²) < 4.78 is 5.69. The van der Waals surface area contributed by atoms with Gasteiger partial charge < -0.3 is 20.3 Å². The Balaban J connectivity index is 1.75. The second-order valence-electron chi connectivity index (χ2n) is 5.06. The molecule has 1 aromatic rings. The van der Waals surface area contributed by atoms with Crippen molar-refractivity contribution >= 4 is 5.91 Å². The maximum absolute atomic E-state index is 11.9. The molecule has 1 aromatic carbocycles. The van der Waals surface area contributed by atoms with Gasteiger partial charge >= 0.3 is 0 Å². The number of aromatic hydroxyl groups is 2. The molecule has 0 atom stereocenters. The van der Waals surface area contributed by atoms with Gasteiger partial charge in [-0.15, -0.1) is 0 Å². The Morgan fingerprint density at radius 2 is 1.85 bits per heavy atom. The van der Waals surface area contributed by atoms with Gasteiger partial charge in [0, 0.05) is 6.54 Å². The second-order valence-corrected chi connectivity index (χ2v) is 5.06. The predicted molar refractivity (Wildman–Crippen MR) is 74.9 cm³/mol. The molecule has 0 spiro atoms. The highest BCUT2D eigenvalue weighted by Gasteiger charge is 2.16. The smallest absolute Gasteiger partial charge is 0.258 e. The number of carbonyl (C=O) groups is 1. The monoisotopic (exact) mass is 279 g/mol. The van der Waals surface area contributed by atoms with Crippen molar-refractivity contribution in [2.75, 3.05) is 13.2 Å². The van der Waals surface area contributed by atoms with Crippen molar-refractivity contribution in [1.29, 1.82) is 0 Å². The highest BCUT2D eigenvalue weighted by atomic mass is 16.5. The minimum Gasteiger partial charge on any atom is -0.507 e. The molecule has 0 unspecified atom stereocenters. The lowest BCUT2D eigenvalue weighted by Crippen LogP contribution is -2.29. The van der Waals surface area contributed by atoms with Gasteiger partial charge in [-0.2, -0.15) is 0 Å². The number of benzene rings is 1. The molecule has 1 aliphatic rings. The Bertz CT molecular complexity index is 435. The van der Waals surface area contributed by atoms with Gasteiger partial charge in [-0.1, -0.05) is 25.3 Å². The summed E-state index contributed by atoms with van der Waals surface area (Å²) in [5.41, 5.74) is -0.0924. The minimum atomic E-state index is -0.493. The molecule has 1 saturated carbocycles. The topological polar surface area (TPSA) is 78.8 Å². The van der Waals surface area contributed by atoms with Crippen LogP contribution < -0.4 is 5.32 Å². The third-order valence-corrected chi connectivity index (χ3v) is 3.54. The van der Waals surface area contributed by atoms with Crippen LogP contribution in [0.2, 0.25) is 0 Å². The molecule has 0 radical (unpaired) electrons. The van der Waals surface area contributed by atoms with E-state index in [1.165, 1.54) is 37.5 Å². The molecule has 110 valence electrons. The molecule has 0 saturated heterocycles. The number of amides is 1. The van der Waals surface area contributed by atoms with Gasteiger partial charge in [0.1, 0.15) is 17.1 Å². The summed E-state index contributed by atoms with van der Waals surface area (Å²) in [6.45, 7) is 0.813. The average Bonchev–Trinajstić information content (AvgIpc) is 2.44. The van der Waals surface area contributed by atoms with Crippen molar-refractivity contribution in [2.24, 2.45) is 0 Å². The van der Waals surface area contributed by atoms with Crippen molar-refractivity contribution in [1.82, 2.24) is 5.32 Å². The van der Waals surface area contributed by atoms with Gasteiger partial charge in [-0.05, 0) is 25.0 Å². The molecule has 0 bridgehead atoms. The lowest BCUT2D eigenvalue weighted by Gasteiger charge is -2.22. The van der Waals surface area contributed by atoms with Crippen LogP contribution >= 0.6 is 0 Å². The van der Waals surface area contributed by atoms with Crippen molar-refractivity contribution in [3.05, 3.63) is 23.8 Å². The Hall–Kier alpha value is -1.75. The minimum absolute atomic E-state index is 0.0924. The third-order valence-electron chi connectivity index (χ3n) is 3.54. The van der Waals surface area contributed by atoms with Gasteiger partial charge in [-0.25, -0.2) is 0 Å². The van der Waals surface area contributed by atoms with Gasteiger partial charge in [0.15, 0.2) is 0 Å². The molecular formula is C15H21NO4. The number of hydrogen-bond acceptors (Lipinski definition) is 4. The lowest BCUT2D eigenvalue weighted by molar-refractivity contribution is 0.0299. The predicted octanol–water partition coefficient (Wildman–Crippen LogP) is 2.18. The van der Waals surface area contributed by atoms with Crippen LogP contribution in [0.3, 0.4) is 0 Å². The van der Waals surface area contributed by atoms with Crippen LogP contribution in [0.4, 0.5) is 0 Å². The van der Waals surface area contributed by atoms with E-state index in [2.05, 4.69) is 5.32 Å². The Morgan fingerprint density at radius 3 is 2.50 bits per heavy atom. The molecular weight excluding hydrogens is 258 g/mol. The molecule has 2 rings (SSSR count). The highest BCUT2D eigenvalue weighted by molar-refractivity contribution is 5.99. The van der Waals surface area contributed by atoms with Crippen molar-refractivity contribution in [3.8, 4) is 11.5 Å². The van der Waals surface area contributed by atoms with Gasteiger partial charge in [0.05, 0.1) is 12.7 Å². The standard InChI is InChI=1S/C15H21NO4/c17-12-7-4-8-13(18)14(12)15(19)16-9-10-20-11-5-2-1-3-6-11/h4,7-8,11,17-18H,1-3,5-6,9-10H2,(H,16,19). The first-order valence-electron chi connectivity index (χ1n) is 7.09. The van der Waals surface area contributed by atoms with E-state index in [0.717, 1.165) is 12.8 Å². The number of phenolic OH excluding ortho intramolecular Hbond substituents is 2. The molecule has 5 nitrogen and oxygen atoms in total. The molecule has 3 N–H and O–H groups in total. The summed E-state index contributed by atoms with van der Waals surface area (Å²) in [6, 6.07) is 4.22. The fourth-order valence-electron chi connectivity index (χ4n) is 2.47. The van der Waals surface area contributed by atoms with E-state index in [1.54, 1.807) is 0 Å². The van der Waals surface area contributed by atoms with Crippen LogP contribution in [0.1, 0.15) is 42.5 Å². The number of phenols is 2. The van der Waals surface area contributed by atoms with E-state index in [1.807, 2.05) is 0 Å². The molecule has 1 aliphatic carbocycles. The van der Waals surface area contributed by atoms with Crippen LogP contribution in [0.25, 0.3) is 0 Å². The zero-order valence-electron chi connectivity index (χ0n) is 11.5. The van der Waals surface area contributed by atoms with E-state index < -0.39 is 5.91 Å². The van der Waals surface area contributed by atoms with Crippen molar-refractivity contribution in [2.45, 2.75) is 38.2 Å². The zero-order valence-corrected chi connectivity index (χ0v) is 11.5. The first-order valence-corrected chi connectivity index (χ1v) is 7.09. The van der Waals surface area contributed by atoms with Gasteiger partial charge in [0.25, 0.3) is 5.91 Å². The Labute approximate surface area is 118 Å². The summed E-state index contributed by atoms with van der Waals surface area (Å²) in [5, 5.41) is 21.8. The molecule has 20 heavy (non-hydrogen) atoms. The van der Waals surface area contributed by atoms with Crippen LogP contribution in [-0.4, -0.2) is 35.4 Å². The number of rotatable bonds is 5. The quantitative estimate of drug-likeness (QED) is 0.722.